The van der Waals surface area contributed by atoms with E-state index in [1.54, 1.807) is 50.9 Å². The van der Waals surface area contributed by atoms with Gasteiger partial charge in [0.2, 0.25) is 12.1 Å². The maximum Gasteiger partial charge on any atom is 0.412 e. The summed E-state index contributed by atoms with van der Waals surface area (Å²) in [7, 11) is 1.68. The number of carbonyl (C=O) groups excluding carboxylic acids is 3. The highest BCUT2D eigenvalue weighted by molar-refractivity contribution is 6.35. The fraction of sp³-hybridized carbons (Fsp3) is 0.381. The minimum absolute atomic E-state index is 0.0912. The summed E-state index contributed by atoms with van der Waals surface area (Å²) in [5.41, 5.74) is 1.37. The third kappa shape index (κ3) is 4.61. The van der Waals surface area contributed by atoms with E-state index in [-0.39, 0.29) is 24.2 Å². The van der Waals surface area contributed by atoms with Crippen LogP contribution in [0.4, 0.5) is 10.6 Å². The Bertz CT molecular complexity index is 982. The molecule has 0 bridgehead atoms. The Morgan fingerprint density at radius 2 is 2.03 bits per heavy atom. The second kappa shape index (κ2) is 9.30. The van der Waals surface area contributed by atoms with E-state index in [4.69, 9.17) is 16.3 Å². The fourth-order valence-corrected chi connectivity index (χ4v) is 3.37. The van der Waals surface area contributed by atoms with Gasteiger partial charge in [0.15, 0.2) is 0 Å². The van der Waals surface area contributed by atoms with Crippen LogP contribution in [0, 0.1) is 0 Å². The van der Waals surface area contributed by atoms with Gasteiger partial charge in [0.05, 0.1) is 10.6 Å². The molecule has 2 aliphatic rings. The van der Waals surface area contributed by atoms with Gasteiger partial charge >= 0.3 is 6.09 Å². The molecular weight excluding hydrogens is 422 g/mol. The van der Waals surface area contributed by atoms with Crippen molar-refractivity contribution >= 4 is 41.0 Å². The number of hydrogen-bond acceptors (Lipinski definition) is 6. The van der Waals surface area contributed by atoms with Crippen molar-refractivity contribution in [3.05, 3.63) is 46.8 Å². The molecule has 1 unspecified atom stereocenters. The van der Waals surface area contributed by atoms with E-state index in [2.05, 4.69) is 9.98 Å². The van der Waals surface area contributed by atoms with Gasteiger partial charge in [0, 0.05) is 32.5 Å². The van der Waals surface area contributed by atoms with Gasteiger partial charge in [-0.3, -0.25) is 19.5 Å². The van der Waals surface area contributed by atoms with Crippen LogP contribution in [0.5, 0.6) is 0 Å². The molecule has 0 aliphatic carbocycles. The molecule has 0 aromatic carbocycles. The standard InChI is InChI=1S/C21H24ClN5O4/c1-5-8-23-18-17(13(2)3)19(29)27(15-7-6-14(22)11-24-15)20(18)31-21(30)26-10-9-25(4)16(28)12-26/h5-8,11,20H,9-10,12H2,1-4H3/b8-5-,23-18?. The summed E-state index contributed by atoms with van der Waals surface area (Å²) in [6.45, 7) is 6.01. The van der Waals surface area contributed by atoms with Crippen molar-refractivity contribution in [3.8, 4) is 0 Å². The third-order valence-corrected chi connectivity index (χ3v) is 5.13. The normalized spacial score (nSPS) is 20.9. The van der Waals surface area contributed by atoms with Gasteiger partial charge in [-0.1, -0.05) is 23.3 Å². The molecule has 0 N–H and O–H groups in total. The Kier molecular flexibility index (Phi) is 6.74. The molecule has 0 saturated carbocycles. The lowest BCUT2D eigenvalue weighted by atomic mass is 10.1. The van der Waals surface area contributed by atoms with Gasteiger partial charge in [-0.25, -0.2) is 14.7 Å². The Hall–Kier alpha value is -3.20. The quantitative estimate of drug-likeness (QED) is 0.666. The van der Waals surface area contributed by atoms with E-state index in [0.29, 0.717) is 29.4 Å². The number of carbonyl (C=O) groups is 3. The molecule has 2 fully saturated rings. The lowest BCUT2D eigenvalue weighted by molar-refractivity contribution is -0.134. The number of amides is 3. The summed E-state index contributed by atoms with van der Waals surface area (Å²) in [5, 5.41) is 0.408. The lowest BCUT2D eigenvalue weighted by Gasteiger charge is -2.32. The first-order chi connectivity index (χ1) is 14.7. The fourth-order valence-electron chi connectivity index (χ4n) is 3.26. The Morgan fingerprint density at radius 1 is 1.29 bits per heavy atom. The second-order valence-corrected chi connectivity index (χ2v) is 7.79. The van der Waals surface area contributed by atoms with E-state index < -0.39 is 12.3 Å². The largest absolute Gasteiger partial charge is 0.419 e. The molecule has 2 saturated heterocycles. The first-order valence-electron chi connectivity index (χ1n) is 9.76. The molecule has 1 atom stereocenters. The average Bonchev–Trinajstić information content (AvgIpc) is 3.00. The number of anilines is 1. The number of aromatic nitrogens is 1. The van der Waals surface area contributed by atoms with E-state index in [9.17, 15) is 14.4 Å². The molecule has 164 valence electrons. The molecular formula is C21H24ClN5O4. The Balaban J connectivity index is 2.01. The first-order valence-corrected chi connectivity index (χ1v) is 10.1. The molecule has 0 spiro atoms. The van der Waals surface area contributed by atoms with Crippen LogP contribution in [-0.4, -0.2) is 71.3 Å². The highest BCUT2D eigenvalue weighted by Crippen LogP contribution is 2.31. The highest BCUT2D eigenvalue weighted by Gasteiger charge is 2.46. The van der Waals surface area contributed by atoms with Gasteiger partial charge in [0.1, 0.15) is 18.1 Å². The van der Waals surface area contributed by atoms with Crippen LogP contribution in [0.1, 0.15) is 20.8 Å². The van der Waals surface area contributed by atoms with Crippen LogP contribution in [0.3, 0.4) is 0 Å². The zero-order chi connectivity index (χ0) is 22.7. The van der Waals surface area contributed by atoms with Crippen molar-refractivity contribution in [2.24, 2.45) is 4.99 Å². The van der Waals surface area contributed by atoms with Gasteiger partial charge in [-0.2, -0.15) is 0 Å². The van der Waals surface area contributed by atoms with Gasteiger partial charge in [-0.15, -0.1) is 0 Å². The van der Waals surface area contributed by atoms with E-state index in [0.717, 1.165) is 5.57 Å². The zero-order valence-corrected chi connectivity index (χ0v) is 18.6. The van der Waals surface area contributed by atoms with Crippen LogP contribution in [0.25, 0.3) is 0 Å². The van der Waals surface area contributed by atoms with Crippen molar-refractivity contribution < 1.29 is 19.1 Å². The molecule has 0 radical (unpaired) electrons. The Labute approximate surface area is 185 Å². The molecule has 31 heavy (non-hydrogen) atoms. The summed E-state index contributed by atoms with van der Waals surface area (Å²) >= 11 is 5.94. The molecule has 3 rings (SSSR count). The van der Waals surface area contributed by atoms with Crippen LogP contribution in [0.2, 0.25) is 5.02 Å². The molecule has 3 heterocycles. The summed E-state index contributed by atoms with van der Waals surface area (Å²) in [4.78, 5) is 51.0. The number of piperazine rings is 1. The van der Waals surface area contributed by atoms with Crippen LogP contribution in [0.15, 0.2) is 46.7 Å². The Morgan fingerprint density at radius 3 is 2.61 bits per heavy atom. The van der Waals surface area contributed by atoms with Crippen molar-refractivity contribution in [2.45, 2.75) is 27.0 Å². The van der Waals surface area contributed by atoms with Crippen molar-refractivity contribution in [1.29, 1.82) is 0 Å². The molecule has 3 amide bonds. The smallest absolute Gasteiger partial charge is 0.412 e. The minimum Gasteiger partial charge on any atom is -0.419 e. The van der Waals surface area contributed by atoms with Crippen LogP contribution in [-0.2, 0) is 14.3 Å². The van der Waals surface area contributed by atoms with E-state index in [1.807, 2.05) is 0 Å². The number of allylic oxidation sites excluding steroid dienone is 2. The number of hydrogen-bond donors (Lipinski definition) is 0. The summed E-state index contributed by atoms with van der Waals surface area (Å²) in [6, 6.07) is 3.17. The second-order valence-electron chi connectivity index (χ2n) is 7.35. The summed E-state index contributed by atoms with van der Waals surface area (Å²) < 4.78 is 5.74. The molecule has 2 aliphatic heterocycles. The van der Waals surface area contributed by atoms with Crippen LogP contribution >= 0.6 is 11.6 Å². The number of rotatable bonds is 3. The SMILES string of the molecule is C/C=C\N=C1C(=C(C)C)C(=O)N(c2ccc(Cl)cn2)C1OC(=O)N1CCN(C)C(=O)C1. The molecule has 10 heteroatoms. The summed E-state index contributed by atoms with van der Waals surface area (Å²) in [6.07, 6.45) is 2.81. The van der Waals surface area contributed by atoms with Crippen molar-refractivity contribution in [2.75, 3.05) is 31.6 Å². The molecule has 1 aromatic rings. The maximum absolute atomic E-state index is 13.3. The maximum atomic E-state index is 13.3. The number of halogens is 1. The number of pyridine rings is 1. The topological polar surface area (TPSA) is 95.4 Å². The van der Waals surface area contributed by atoms with E-state index in [1.165, 1.54) is 22.2 Å². The minimum atomic E-state index is -1.13. The average molecular weight is 446 g/mol. The zero-order valence-electron chi connectivity index (χ0n) is 17.8. The van der Waals surface area contributed by atoms with Crippen molar-refractivity contribution in [3.63, 3.8) is 0 Å². The van der Waals surface area contributed by atoms with Gasteiger partial charge in [-0.05, 0) is 32.9 Å². The van der Waals surface area contributed by atoms with Crippen LogP contribution < -0.4 is 4.90 Å². The number of likely N-dealkylation sites (N-methyl/N-ethyl adjacent to an activating group) is 1. The number of nitrogens with zero attached hydrogens (tertiary/aromatic N) is 5. The van der Waals surface area contributed by atoms with Crippen molar-refractivity contribution in [1.82, 2.24) is 14.8 Å². The monoisotopic (exact) mass is 445 g/mol. The van der Waals surface area contributed by atoms with Gasteiger partial charge < -0.3 is 9.64 Å². The number of ether oxygens (including phenoxy) is 1. The number of aliphatic imine (C=N–C) groups is 1. The first kappa shape index (κ1) is 22.5. The third-order valence-electron chi connectivity index (χ3n) is 4.91. The lowest BCUT2D eigenvalue weighted by Crippen LogP contribution is -2.52. The van der Waals surface area contributed by atoms with Gasteiger partial charge in [0.25, 0.3) is 5.91 Å². The predicted molar refractivity (Wildman–Crippen MR) is 117 cm³/mol. The molecule has 1 aromatic heterocycles. The molecule has 9 nitrogen and oxygen atoms in total. The van der Waals surface area contributed by atoms with E-state index >= 15 is 0 Å². The highest BCUT2D eigenvalue weighted by atomic mass is 35.5. The predicted octanol–water partition coefficient (Wildman–Crippen LogP) is 2.63. The summed E-state index contributed by atoms with van der Waals surface area (Å²) in [5.74, 6) is -0.300.